The van der Waals surface area contributed by atoms with E-state index < -0.39 is 11.2 Å². The van der Waals surface area contributed by atoms with Gasteiger partial charge in [-0.05, 0) is 24.6 Å². The number of amides is 1. The first-order chi connectivity index (χ1) is 15.2. The summed E-state index contributed by atoms with van der Waals surface area (Å²) >= 11 is 1.10. The molecule has 0 spiro atoms. The van der Waals surface area contributed by atoms with Crippen LogP contribution in [0, 0.1) is 12.7 Å². The Bertz CT molecular complexity index is 1430. The van der Waals surface area contributed by atoms with Crippen LogP contribution in [0.4, 0.5) is 10.2 Å². The Morgan fingerprint density at radius 3 is 2.56 bits per heavy atom. The summed E-state index contributed by atoms with van der Waals surface area (Å²) in [4.78, 5) is 42.0. The fourth-order valence-electron chi connectivity index (χ4n) is 3.19. The molecule has 0 radical (unpaired) electrons. The zero-order valence-corrected chi connectivity index (χ0v) is 18.3. The van der Waals surface area contributed by atoms with E-state index >= 15 is 0 Å². The zero-order chi connectivity index (χ0) is 23.0. The number of benzene rings is 1. The summed E-state index contributed by atoms with van der Waals surface area (Å²) in [6, 6.07) is 7.43. The van der Waals surface area contributed by atoms with Crippen LogP contribution in [0.5, 0.6) is 0 Å². The third kappa shape index (κ3) is 4.08. The van der Waals surface area contributed by atoms with Crippen LogP contribution in [0.15, 0.2) is 49.6 Å². The minimum absolute atomic E-state index is 0.0209. The molecule has 1 aromatic carbocycles. The van der Waals surface area contributed by atoms with Crippen LogP contribution in [0.1, 0.15) is 11.3 Å². The van der Waals surface area contributed by atoms with Gasteiger partial charge in [-0.1, -0.05) is 29.1 Å². The fourth-order valence-corrected chi connectivity index (χ4v) is 3.99. The number of anilines is 1. The van der Waals surface area contributed by atoms with E-state index in [-0.39, 0.29) is 35.2 Å². The third-order valence-corrected chi connectivity index (χ3v) is 5.77. The van der Waals surface area contributed by atoms with E-state index in [4.69, 9.17) is 4.52 Å². The maximum Gasteiger partial charge on any atom is 0.332 e. The number of carbonyl (C=O) groups is 1. The van der Waals surface area contributed by atoms with Gasteiger partial charge in [0.15, 0.2) is 22.1 Å². The predicted octanol–water partition coefficient (Wildman–Crippen LogP) is 1.65. The lowest BCUT2D eigenvalue weighted by molar-refractivity contribution is -0.113. The lowest BCUT2D eigenvalue weighted by Gasteiger charge is -2.09. The number of fused-ring (bicyclic) bond motifs is 1. The van der Waals surface area contributed by atoms with Crippen molar-refractivity contribution < 1.29 is 13.7 Å². The molecule has 0 atom stereocenters. The highest BCUT2D eigenvalue weighted by molar-refractivity contribution is 7.99. The largest absolute Gasteiger partial charge is 0.360 e. The summed E-state index contributed by atoms with van der Waals surface area (Å²) < 4.78 is 22.2. The Hall–Kier alpha value is -3.67. The number of nitrogens with zero attached hydrogens (tertiary/aromatic N) is 5. The van der Waals surface area contributed by atoms with Crippen LogP contribution in [0.3, 0.4) is 0 Å². The van der Waals surface area contributed by atoms with E-state index in [9.17, 15) is 18.8 Å². The second kappa shape index (κ2) is 8.46. The predicted molar refractivity (Wildman–Crippen MR) is 116 cm³/mol. The summed E-state index contributed by atoms with van der Waals surface area (Å²) in [6.45, 7) is 1.91. The van der Waals surface area contributed by atoms with Crippen molar-refractivity contribution in [2.75, 3.05) is 11.1 Å². The van der Waals surface area contributed by atoms with Crippen molar-refractivity contribution in [1.82, 2.24) is 23.8 Å². The molecule has 3 heterocycles. The quantitative estimate of drug-likeness (QED) is 0.437. The number of aryl methyl sites for hydroxylation is 2. The Morgan fingerprint density at radius 1 is 1.19 bits per heavy atom. The SMILES string of the molecule is Cc1cc(NC(=O)CSc2nc3c(c(=O)n(C)c(=O)n3C)n2Cc2ccc(F)cc2)no1. The van der Waals surface area contributed by atoms with Crippen LogP contribution < -0.4 is 16.6 Å². The molecule has 1 N–H and O–H groups in total. The highest BCUT2D eigenvalue weighted by atomic mass is 32.2. The summed E-state index contributed by atoms with van der Waals surface area (Å²) in [5.74, 6) is 0.116. The van der Waals surface area contributed by atoms with Gasteiger partial charge in [0.1, 0.15) is 11.6 Å². The molecule has 32 heavy (non-hydrogen) atoms. The van der Waals surface area contributed by atoms with Crippen molar-refractivity contribution in [3.63, 3.8) is 0 Å². The summed E-state index contributed by atoms with van der Waals surface area (Å²) in [6.07, 6.45) is 0. The van der Waals surface area contributed by atoms with Gasteiger partial charge in [0, 0.05) is 20.2 Å². The van der Waals surface area contributed by atoms with Crippen LogP contribution in [-0.4, -0.2) is 35.5 Å². The monoisotopic (exact) mass is 458 g/mol. The molecule has 0 aliphatic rings. The topological polar surface area (TPSA) is 117 Å². The van der Waals surface area contributed by atoms with E-state index in [2.05, 4.69) is 15.5 Å². The van der Waals surface area contributed by atoms with Crippen molar-refractivity contribution in [2.45, 2.75) is 18.6 Å². The van der Waals surface area contributed by atoms with Crippen LogP contribution in [-0.2, 0) is 25.4 Å². The molecular weight excluding hydrogens is 439 g/mol. The average Bonchev–Trinajstić information content (AvgIpc) is 3.34. The number of carbonyl (C=O) groups excluding carboxylic acids is 1. The number of halogens is 1. The van der Waals surface area contributed by atoms with Crippen molar-refractivity contribution >= 4 is 34.7 Å². The molecule has 4 aromatic rings. The summed E-state index contributed by atoms with van der Waals surface area (Å²) in [7, 11) is 2.91. The van der Waals surface area contributed by atoms with Crippen LogP contribution in [0.2, 0.25) is 0 Å². The molecule has 0 aliphatic carbocycles. The van der Waals surface area contributed by atoms with Crippen molar-refractivity contribution in [3.05, 3.63) is 68.3 Å². The first-order valence-electron chi connectivity index (χ1n) is 9.51. The molecule has 3 aromatic heterocycles. The molecule has 0 aliphatic heterocycles. The van der Waals surface area contributed by atoms with Gasteiger partial charge >= 0.3 is 5.69 Å². The smallest absolute Gasteiger partial charge is 0.332 e. The molecule has 0 fully saturated rings. The van der Waals surface area contributed by atoms with E-state index in [0.717, 1.165) is 21.9 Å². The number of hydrogen-bond donors (Lipinski definition) is 1. The van der Waals surface area contributed by atoms with E-state index in [1.807, 2.05) is 0 Å². The summed E-state index contributed by atoms with van der Waals surface area (Å²) in [5.41, 5.74) is 0.131. The highest BCUT2D eigenvalue weighted by Gasteiger charge is 2.20. The number of thioether (sulfide) groups is 1. The van der Waals surface area contributed by atoms with Gasteiger partial charge in [-0.25, -0.2) is 14.2 Å². The normalized spacial score (nSPS) is 11.2. The first kappa shape index (κ1) is 21.6. The lowest BCUT2D eigenvalue weighted by Crippen LogP contribution is -2.37. The van der Waals surface area contributed by atoms with Crippen molar-refractivity contribution in [1.29, 1.82) is 0 Å². The van der Waals surface area contributed by atoms with Gasteiger partial charge in [0.05, 0.1) is 12.3 Å². The Balaban J connectivity index is 1.71. The maximum atomic E-state index is 13.3. The fraction of sp³-hybridized carbons (Fsp3) is 0.250. The van der Waals surface area contributed by atoms with Crippen molar-refractivity contribution in [3.8, 4) is 0 Å². The molecule has 0 saturated heterocycles. The molecule has 4 rings (SSSR count). The number of nitrogens with one attached hydrogen (secondary N) is 1. The van der Waals surface area contributed by atoms with Crippen LogP contribution >= 0.6 is 11.8 Å². The molecule has 0 bridgehead atoms. The average molecular weight is 458 g/mol. The summed E-state index contributed by atoms with van der Waals surface area (Å²) in [5, 5.41) is 6.71. The number of rotatable bonds is 6. The van der Waals surface area contributed by atoms with Gasteiger partial charge in [-0.3, -0.25) is 18.7 Å². The van der Waals surface area contributed by atoms with E-state index in [1.54, 1.807) is 29.7 Å². The van der Waals surface area contributed by atoms with Gasteiger partial charge in [0.2, 0.25) is 5.91 Å². The Kier molecular flexibility index (Phi) is 5.70. The molecule has 10 nitrogen and oxygen atoms in total. The standard InChI is InChI=1S/C20H19FN6O4S/c1-11-8-14(24-31-11)22-15(28)10-32-19-23-17-16(18(29)26(3)20(30)25(17)2)27(19)9-12-4-6-13(21)7-5-12/h4-8H,9-10H2,1-3H3,(H,22,24,28). The van der Waals surface area contributed by atoms with E-state index in [1.165, 1.54) is 30.8 Å². The second-order valence-electron chi connectivity index (χ2n) is 7.14. The van der Waals surface area contributed by atoms with Gasteiger partial charge < -0.3 is 14.4 Å². The molecule has 166 valence electrons. The molecule has 0 unspecified atom stereocenters. The minimum Gasteiger partial charge on any atom is -0.360 e. The third-order valence-electron chi connectivity index (χ3n) is 4.79. The van der Waals surface area contributed by atoms with Gasteiger partial charge in [-0.15, -0.1) is 0 Å². The lowest BCUT2D eigenvalue weighted by atomic mass is 10.2. The van der Waals surface area contributed by atoms with Gasteiger partial charge in [-0.2, -0.15) is 0 Å². The number of hydrogen-bond acceptors (Lipinski definition) is 7. The van der Waals surface area contributed by atoms with E-state index in [0.29, 0.717) is 16.7 Å². The molecule has 0 saturated carbocycles. The minimum atomic E-state index is -0.510. The highest BCUT2D eigenvalue weighted by Crippen LogP contribution is 2.23. The second-order valence-corrected chi connectivity index (χ2v) is 8.09. The maximum absolute atomic E-state index is 13.3. The number of aromatic nitrogens is 5. The molecule has 1 amide bonds. The first-order valence-corrected chi connectivity index (χ1v) is 10.5. The van der Waals surface area contributed by atoms with Gasteiger partial charge in [0.25, 0.3) is 5.56 Å². The zero-order valence-electron chi connectivity index (χ0n) is 17.5. The Morgan fingerprint density at radius 2 is 1.91 bits per heavy atom. The number of imidazole rings is 1. The molecule has 12 heteroatoms. The van der Waals surface area contributed by atoms with Crippen molar-refractivity contribution in [2.24, 2.45) is 14.1 Å². The van der Waals surface area contributed by atoms with Crippen LogP contribution in [0.25, 0.3) is 11.2 Å². The molecular formula is C20H19FN6O4S. The Labute approximate surface area is 184 Å².